The van der Waals surface area contributed by atoms with E-state index in [2.05, 4.69) is 18.3 Å². The number of carbonyl (C=O) groups is 1. The molecule has 2 aromatic rings. The van der Waals surface area contributed by atoms with Crippen molar-refractivity contribution in [1.29, 1.82) is 0 Å². The molecule has 0 heterocycles. The first-order valence-corrected chi connectivity index (χ1v) is 7.23. The van der Waals surface area contributed by atoms with Gasteiger partial charge in [0.1, 0.15) is 5.75 Å². The molecule has 0 atom stereocenters. The molecule has 110 valence electrons. The second-order valence-corrected chi connectivity index (χ2v) is 4.95. The minimum Gasteiger partial charge on any atom is -0.497 e. The van der Waals surface area contributed by atoms with Gasteiger partial charge >= 0.3 is 0 Å². The van der Waals surface area contributed by atoms with Crippen molar-refractivity contribution >= 4 is 11.6 Å². The molecule has 2 aromatic carbocycles. The highest BCUT2D eigenvalue weighted by molar-refractivity contribution is 5.90. The number of benzene rings is 2. The van der Waals surface area contributed by atoms with E-state index in [-0.39, 0.29) is 5.91 Å². The van der Waals surface area contributed by atoms with E-state index in [0.717, 1.165) is 29.8 Å². The number of nitrogens with one attached hydrogen (secondary N) is 1. The van der Waals surface area contributed by atoms with Gasteiger partial charge in [0.15, 0.2) is 0 Å². The molecule has 0 aliphatic heterocycles. The first-order chi connectivity index (χ1) is 10.2. The van der Waals surface area contributed by atoms with Gasteiger partial charge < -0.3 is 10.1 Å². The highest BCUT2D eigenvalue weighted by Gasteiger charge is 2.04. The Morgan fingerprint density at radius 2 is 1.86 bits per heavy atom. The van der Waals surface area contributed by atoms with Crippen molar-refractivity contribution in [3.05, 3.63) is 59.7 Å². The SMILES string of the molecule is CCc1cccc(NC(=O)CCc2ccc(OC)cc2)c1. The molecule has 0 fully saturated rings. The van der Waals surface area contributed by atoms with Crippen LogP contribution in [0.2, 0.25) is 0 Å². The molecule has 0 aliphatic rings. The summed E-state index contributed by atoms with van der Waals surface area (Å²) in [6.07, 6.45) is 2.17. The van der Waals surface area contributed by atoms with Gasteiger partial charge in [-0.2, -0.15) is 0 Å². The number of aryl methyl sites for hydroxylation is 2. The monoisotopic (exact) mass is 283 g/mol. The summed E-state index contributed by atoms with van der Waals surface area (Å²) in [7, 11) is 1.65. The molecule has 1 amide bonds. The van der Waals surface area contributed by atoms with Crippen LogP contribution >= 0.6 is 0 Å². The Kier molecular flexibility index (Phi) is 5.38. The number of rotatable bonds is 6. The average molecular weight is 283 g/mol. The molecular weight excluding hydrogens is 262 g/mol. The van der Waals surface area contributed by atoms with E-state index < -0.39 is 0 Å². The predicted molar refractivity (Wildman–Crippen MR) is 85.8 cm³/mol. The topological polar surface area (TPSA) is 38.3 Å². The van der Waals surface area contributed by atoms with Crippen molar-refractivity contribution in [2.75, 3.05) is 12.4 Å². The van der Waals surface area contributed by atoms with Crippen molar-refractivity contribution in [1.82, 2.24) is 0 Å². The van der Waals surface area contributed by atoms with Crippen LogP contribution in [0.3, 0.4) is 0 Å². The normalized spacial score (nSPS) is 10.2. The molecule has 0 aromatic heterocycles. The van der Waals surface area contributed by atoms with Crippen molar-refractivity contribution in [3.63, 3.8) is 0 Å². The summed E-state index contributed by atoms with van der Waals surface area (Å²) in [6.45, 7) is 2.10. The van der Waals surface area contributed by atoms with E-state index in [4.69, 9.17) is 4.74 Å². The van der Waals surface area contributed by atoms with Gasteiger partial charge in [-0.25, -0.2) is 0 Å². The molecule has 0 radical (unpaired) electrons. The lowest BCUT2D eigenvalue weighted by Gasteiger charge is -2.07. The van der Waals surface area contributed by atoms with Crippen LogP contribution in [0.25, 0.3) is 0 Å². The summed E-state index contributed by atoms with van der Waals surface area (Å²) in [6, 6.07) is 15.8. The number of hydrogen-bond acceptors (Lipinski definition) is 2. The minimum absolute atomic E-state index is 0.0408. The van der Waals surface area contributed by atoms with E-state index >= 15 is 0 Å². The Labute approximate surface area is 126 Å². The highest BCUT2D eigenvalue weighted by Crippen LogP contribution is 2.14. The maximum Gasteiger partial charge on any atom is 0.224 e. The second kappa shape index (κ2) is 7.48. The van der Waals surface area contributed by atoms with Crippen LogP contribution in [0.15, 0.2) is 48.5 Å². The average Bonchev–Trinajstić information content (AvgIpc) is 2.53. The lowest BCUT2D eigenvalue weighted by atomic mass is 10.1. The second-order valence-electron chi connectivity index (χ2n) is 4.95. The van der Waals surface area contributed by atoms with Gasteiger partial charge in [-0.15, -0.1) is 0 Å². The van der Waals surface area contributed by atoms with Gasteiger partial charge in [0.25, 0.3) is 0 Å². The number of ether oxygens (including phenoxy) is 1. The number of anilines is 1. The zero-order valence-corrected chi connectivity index (χ0v) is 12.6. The summed E-state index contributed by atoms with van der Waals surface area (Å²) in [4.78, 5) is 12.0. The summed E-state index contributed by atoms with van der Waals surface area (Å²) in [5.41, 5.74) is 3.23. The smallest absolute Gasteiger partial charge is 0.224 e. The highest BCUT2D eigenvalue weighted by atomic mass is 16.5. The molecule has 0 unspecified atom stereocenters. The van der Waals surface area contributed by atoms with E-state index in [9.17, 15) is 4.79 Å². The molecule has 3 nitrogen and oxygen atoms in total. The lowest BCUT2D eigenvalue weighted by molar-refractivity contribution is -0.116. The fourth-order valence-electron chi connectivity index (χ4n) is 2.14. The number of carbonyl (C=O) groups excluding carboxylic acids is 1. The standard InChI is InChI=1S/C18H21NO2/c1-3-14-5-4-6-16(13-14)19-18(20)12-9-15-7-10-17(21-2)11-8-15/h4-8,10-11,13H,3,9,12H2,1-2H3,(H,19,20). The molecule has 2 rings (SSSR count). The van der Waals surface area contributed by atoms with E-state index in [1.54, 1.807) is 7.11 Å². The van der Waals surface area contributed by atoms with Crippen molar-refractivity contribution in [2.24, 2.45) is 0 Å². The van der Waals surface area contributed by atoms with Gasteiger partial charge in [-0.05, 0) is 48.2 Å². The molecule has 21 heavy (non-hydrogen) atoms. The molecule has 0 bridgehead atoms. The first kappa shape index (κ1) is 15.1. The maximum atomic E-state index is 12.0. The number of methoxy groups -OCH3 is 1. The third-order valence-corrected chi connectivity index (χ3v) is 3.42. The van der Waals surface area contributed by atoms with E-state index in [1.165, 1.54) is 5.56 Å². The molecular formula is C18H21NO2. The van der Waals surface area contributed by atoms with Crippen molar-refractivity contribution in [2.45, 2.75) is 26.2 Å². The summed E-state index contributed by atoms with van der Waals surface area (Å²) in [5.74, 6) is 0.874. The van der Waals surface area contributed by atoms with Crippen molar-refractivity contribution in [3.8, 4) is 5.75 Å². The fraction of sp³-hybridized carbons (Fsp3) is 0.278. The summed E-state index contributed by atoms with van der Waals surface area (Å²) < 4.78 is 5.12. The van der Waals surface area contributed by atoms with Crippen molar-refractivity contribution < 1.29 is 9.53 Å². The van der Waals surface area contributed by atoms with E-state index in [0.29, 0.717) is 6.42 Å². The van der Waals surface area contributed by atoms with Gasteiger partial charge in [-0.1, -0.05) is 31.2 Å². The van der Waals surface area contributed by atoms with Crippen LogP contribution < -0.4 is 10.1 Å². The first-order valence-electron chi connectivity index (χ1n) is 7.23. The summed E-state index contributed by atoms with van der Waals surface area (Å²) >= 11 is 0. The number of hydrogen-bond donors (Lipinski definition) is 1. The van der Waals surface area contributed by atoms with Gasteiger partial charge in [0.05, 0.1) is 7.11 Å². The molecule has 1 N–H and O–H groups in total. The summed E-state index contributed by atoms with van der Waals surface area (Å²) in [5, 5.41) is 2.95. The van der Waals surface area contributed by atoms with E-state index in [1.807, 2.05) is 42.5 Å². The van der Waals surface area contributed by atoms with Crippen LogP contribution in [0, 0.1) is 0 Å². The Bertz CT molecular complexity index is 590. The zero-order chi connectivity index (χ0) is 15.1. The molecule has 0 aliphatic carbocycles. The quantitative estimate of drug-likeness (QED) is 0.875. The largest absolute Gasteiger partial charge is 0.497 e. The molecule has 0 saturated heterocycles. The predicted octanol–water partition coefficient (Wildman–Crippen LogP) is 3.83. The third-order valence-electron chi connectivity index (χ3n) is 3.42. The fourth-order valence-corrected chi connectivity index (χ4v) is 2.14. The zero-order valence-electron chi connectivity index (χ0n) is 12.6. The van der Waals surface area contributed by atoms with Gasteiger partial charge in [0, 0.05) is 12.1 Å². The van der Waals surface area contributed by atoms with Crippen LogP contribution in [-0.2, 0) is 17.6 Å². The Balaban J connectivity index is 1.86. The third kappa shape index (κ3) is 4.63. The van der Waals surface area contributed by atoms with Gasteiger partial charge in [-0.3, -0.25) is 4.79 Å². The maximum absolute atomic E-state index is 12.0. The molecule has 3 heteroatoms. The van der Waals surface area contributed by atoms with Crippen LogP contribution in [0.5, 0.6) is 5.75 Å². The van der Waals surface area contributed by atoms with Crippen LogP contribution in [0.4, 0.5) is 5.69 Å². The molecule has 0 spiro atoms. The van der Waals surface area contributed by atoms with Crippen LogP contribution in [0.1, 0.15) is 24.5 Å². The number of amides is 1. The lowest BCUT2D eigenvalue weighted by Crippen LogP contribution is -2.12. The molecule has 0 saturated carbocycles. The Morgan fingerprint density at radius 3 is 2.52 bits per heavy atom. The minimum atomic E-state index is 0.0408. The Hall–Kier alpha value is -2.29. The Morgan fingerprint density at radius 1 is 1.10 bits per heavy atom. The van der Waals surface area contributed by atoms with Gasteiger partial charge in [0.2, 0.25) is 5.91 Å². The van der Waals surface area contributed by atoms with Crippen LogP contribution in [-0.4, -0.2) is 13.0 Å².